The summed E-state index contributed by atoms with van der Waals surface area (Å²) in [5.74, 6) is -0.241. The number of aromatic nitrogens is 1. The van der Waals surface area contributed by atoms with E-state index in [0.29, 0.717) is 23.9 Å². The van der Waals surface area contributed by atoms with Crippen LogP contribution in [0.25, 0.3) is 0 Å². The lowest BCUT2D eigenvalue weighted by Gasteiger charge is -2.23. The van der Waals surface area contributed by atoms with E-state index < -0.39 is 5.97 Å². The molecule has 1 aromatic heterocycles. The SMILES string of the molecule is CCc1ccc(OCCNC(=O)Cc2nc(CC(=O)O)cs2)c(C(C)(C)C)c1. The molecule has 2 rings (SSSR count). The molecule has 2 aromatic rings. The first-order chi connectivity index (χ1) is 13.2. The van der Waals surface area contributed by atoms with E-state index in [0.717, 1.165) is 17.7 Å². The highest BCUT2D eigenvalue weighted by atomic mass is 32.1. The van der Waals surface area contributed by atoms with Crippen molar-refractivity contribution in [3.05, 3.63) is 45.4 Å². The summed E-state index contributed by atoms with van der Waals surface area (Å²) >= 11 is 1.30. The second kappa shape index (κ2) is 9.68. The van der Waals surface area contributed by atoms with Gasteiger partial charge in [0.2, 0.25) is 5.91 Å². The summed E-state index contributed by atoms with van der Waals surface area (Å²) in [4.78, 5) is 26.9. The zero-order chi connectivity index (χ0) is 20.7. The van der Waals surface area contributed by atoms with E-state index in [1.807, 2.05) is 6.07 Å². The number of carbonyl (C=O) groups is 2. The largest absolute Gasteiger partial charge is 0.491 e. The van der Waals surface area contributed by atoms with E-state index in [-0.39, 0.29) is 24.2 Å². The van der Waals surface area contributed by atoms with Crippen LogP contribution in [0.4, 0.5) is 0 Å². The highest BCUT2D eigenvalue weighted by Gasteiger charge is 2.19. The molecule has 0 aliphatic heterocycles. The van der Waals surface area contributed by atoms with Gasteiger partial charge in [0, 0.05) is 5.38 Å². The highest BCUT2D eigenvalue weighted by Crippen LogP contribution is 2.32. The normalized spacial score (nSPS) is 11.3. The number of carboxylic acid groups (broad SMARTS) is 1. The molecule has 2 N–H and O–H groups in total. The van der Waals surface area contributed by atoms with Crippen molar-refractivity contribution in [2.24, 2.45) is 0 Å². The predicted molar refractivity (Wildman–Crippen MR) is 110 cm³/mol. The minimum atomic E-state index is -0.931. The number of amides is 1. The fraction of sp³-hybridized carbons (Fsp3) is 0.476. The quantitative estimate of drug-likeness (QED) is 0.626. The van der Waals surface area contributed by atoms with Crippen molar-refractivity contribution in [1.82, 2.24) is 10.3 Å². The van der Waals surface area contributed by atoms with Crippen LogP contribution in [0.1, 0.15) is 49.5 Å². The van der Waals surface area contributed by atoms with E-state index in [1.54, 1.807) is 5.38 Å². The van der Waals surface area contributed by atoms with Gasteiger partial charge in [-0.15, -0.1) is 11.3 Å². The maximum absolute atomic E-state index is 12.0. The molecule has 1 heterocycles. The lowest BCUT2D eigenvalue weighted by molar-refractivity contribution is -0.136. The third-order valence-electron chi connectivity index (χ3n) is 4.19. The Morgan fingerprint density at radius 2 is 2.00 bits per heavy atom. The van der Waals surface area contributed by atoms with E-state index in [9.17, 15) is 9.59 Å². The number of nitrogens with zero attached hydrogens (tertiary/aromatic N) is 1. The zero-order valence-electron chi connectivity index (χ0n) is 16.9. The van der Waals surface area contributed by atoms with Gasteiger partial charge in [0.1, 0.15) is 17.4 Å². The van der Waals surface area contributed by atoms with Crippen molar-refractivity contribution in [3.8, 4) is 5.75 Å². The third-order valence-corrected chi connectivity index (χ3v) is 5.08. The van der Waals surface area contributed by atoms with Crippen molar-refractivity contribution in [1.29, 1.82) is 0 Å². The average Bonchev–Trinajstić information content (AvgIpc) is 3.03. The summed E-state index contributed by atoms with van der Waals surface area (Å²) in [6, 6.07) is 6.26. The molecule has 0 radical (unpaired) electrons. The molecule has 0 saturated carbocycles. The van der Waals surface area contributed by atoms with Crippen LogP contribution in [0.15, 0.2) is 23.6 Å². The van der Waals surface area contributed by atoms with Gasteiger partial charge in [-0.3, -0.25) is 9.59 Å². The van der Waals surface area contributed by atoms with Gasteiger partial charge in [-0.2, -0.15) is 0 Å². The maximum atomic E-state index is 12.0. The zero-order valence-corrected chi connectivity index (χ0v) is 17.7. The molecule has 0 aliphatic carbocycles. The number of rotatable bonds is 9. The number of thiazole rings is 1. The Bertz CT molecular complexity index is 824. The Labute approximate surface area is 170 Å². The first-order valence-electron chi connectivity index (χ1n) is 9.37. The van der Waals surface area contributed by atoms with Crippen molar-refractivity contribution in [3.63, 3.8) is 0 Å². The summed E-state index contributed by atoms with van der Waals surface area (Å²) in [5.41, 5.74) is 2.89. The van der Waals surface area contributed by atoms with Gasteiger partial charge in [0.15, 0.2) is 0 Å². The molecule has 0 spiro atoms. The van der Waals surface area contributed by atoms with Crippen LogP contribution >= 0.6 is 11.3 Å². The van der Waals surface area contributed by atoms with Gasteiger partial charge in [-0.25, -0.2) is 4.98 Å². The van der Waals surface area contributed by atoms with E-state index in [2.05, 4.69) is 50.1 Å². The smallest absolute Gasteiger partial charge is 0.309 e. The van der Waals surface area contributed by atoms with Gasteiger partial charge >= 0.3 is 5.97 Å². The van der Waals surface area contributed by atoms with Gasteiger partial charge in [0.25, 0.3) is 0 Å². The van der Waals surface area contributed by atoms with Gasteiger partial charge in [-0.05, 0) is 29.0 Å². The van der Waals surface area contributed by atoms with Crippen LogP contribution < -0.4 is 10.1 Å². The Hall–Kier alpha value is -2.41. The van der Waals surface area contributed by atoms with E-state index >= 15 is 0 Å². The van der Waals surface area contributed by atoms with Crippen molar-refractivity contribution in [2.45, 2.75) is 52.4 Å². The molecule has 0 saturated heterocycles. The molecular weight excluding hydrogens is 376 g/mol. The predicted octanol–water partition coefficient (Wildman–Crippen LogP) is 3.37. The summed E-state index contributed by atoms with van der Waals surface area (Å²) in [6.07, 6.45) is 0.992. The Kier molecular flexibility index (Phi) is 7.57. The van der Waals surface area contributed by atoms with Crippen LogP contribution in [0, 0.1) is 0 Å². The number of carboxylic acids is 1. The number of hydrogen-bond acceptors (Lipinski definition) is 5. The molecule has 0 bridgehead atoms. The number of hydrogen-bond donors (Lipinski definition) is 2. The molecule has 6 nitrogen and oxygen atoms in total. The standard InChI is InChI=1S/C21H28N2O4S/c1-5-14-6-7-17(16(10-14)21(2,3)4)27-9-8-22-18(24)12-19-23-15(13-28-19)11-20(25)26/h6-7,10,13H,5,8-9,11-12H2,1-4H3,(H,22,24)(H,25,26). The van der Waals surface area contributed by atoms with Crippen LogP contribution in [0.3, 0.4) is 0 Å². The van der Waals surface area contributed by atoms with Crippen molar-refractivity contribution >= 4 is 23.2 Å². The summed E-state index contributed by atoms with van der Waals surface area (Å²) in [5, 5.41) is 13.9. The molecule has 0 unspecified atom stereocenters. The third kappa shape index (κ3) is 6.64. The molecular formula is C21H28N2O4S. The lowest BCUT2D eigenvalue weighted by atomic mass is 9.85. The molecule has 0 atom stereocenters. The van der Waals surface area contributed by atoms with Crippen molar-refractivity contribution < 1.29 is 19.4 Å². The lowest BCUT2D eigenvalue weighted by Crippen LogP contribution is -2.29. The first-order valence-corrected chi connectivity index (χ1v) is 10.2. The van der Waals surface area contributed by atoms with Crippen LogP contribution in [-0.2, 0) is 34.3 Å². The molecule has 152 valence electrons. The minimum Gasteiger partial charge on any atom is -0.491 e. The topological polar surface area (TPSA) is 88.5 Å². The van der Waals surface area contributed by atoms with Crippen LogP contribution in [0.2, 0.25) is 0 Å². The Morgan fingerprint density at radius 3 is 2.64 bits per heavy atom. The average molecular weight is 405 g/mol. The fourth-order valence-corrected chi connectivity index (χ4v) is 3.52. The summed E-state index contributed by atoms with van der Waals surface area (Å²) in [7, 11) is 0. The molecule has 28 heavy (non-hydrogen) atoms. The van der Waals surface area contributed by atoms with E-state index in [4.69, 9.17) is 9.84 Å². The van der Waals surface area contributed by atoms with Crippen LogP contribution in [-0.4, -0.2) is 35.1 Å². The first kappa shape index (κ1) is 21.9. The minimum absolute atomic E-state index is 0.0255. The molecule has 0 fully saturated rings. The molecule has 1 amide bonds. The number of ether oxygens (including phenoxy) is 1. The highest BCUT2D eigenvalue weighted by molar-refractivity contribution is 7.09. The Morgan fingerprint density at radius 1 is 1.25 bits per heavy atom. The maximum Gasteiger partial charge on any atom is 0.309 e. The van der Waals surface area contributed by atoms with Gasteiger partial charge in [-0.1, -0.05) is 39.8 Å². The summed E-state index contributed by atoms with van der Waals surface area (Å²) < 4.78 is 5.92. The number of nitrogens with one attached hydrogen (secondary N) is 1. The van der Waals surface area contributed by atoms with Gasteiger partial charge in [0.05, 0.1) is 25.1 Å². The van der Waals surface area contributed by atoms with Crippen LogP contribution in [0.5, 0.6) is 5.75 Å². The monoisotopic (exact) mass is 404 g/mol. The van der Waals surface area contributed by atoms with E-state index in [1.165, 1.54) is 16.9 Å². The Balaban J connectivity index is 1.83. The summed E-state index contributed by atoms with van der Waals surface area (Å²) in [6.45, 7) is 9.37. The second-order valence-corrected chi connectivity index (χ2v) is 8.56. The number of carbonyl (C=O) groups excluding carboxylic acids is 1. The molecule has 1 aromatic carbocycles. The molecule has 7 heteroatoms. The number of aliphatic carboxylic acids is 1. The second-order valence-electron chi connectivity index (χ2n) is 7.61. The fourth-order valence-electron chi connectivity index (χ4n) is 2.73. The van der Waals surface area contributed by atoms with Crippen molar-refractivity contribution in [2.75, 3.05) is 13.2 Å². The van der Waals surface area contributed by atoms with Gasteiger partial charge < -0.3 is 15.2 Å². The number of benzene rings is 1. The molecule has 0 aliphatic rings. The number of aryl methyl sites for hydroxylation is 1.